The minimum Gasteiger partial charge on any atom is -0.484 e. The van der Waals surface area contributed by atoms with Gasteiger partial charge in [0.2, 0.25) is 5.91 Å². The van der Waals surface area contributed by atoms with Crippen molar-refractivity contribution in [1.82, 2.24) is 16.0 Å². The Morgan fingerprint density at radius 1 is 1.19 bits per heavy atom. The SMILES string of the molecule is CCNC(=NCc1ccc(C)cc1OCC(F)(F)F)NCCNC(C)=O. The van der Waals surface area contributed by atoms with Gasteiger partial charge >= 0.3 is 6.18 Å². The van der Waals surface area contributed by atoms with Crippen molar-refractivity contribution in [2.75, 3.05) is 26.2 Å². The molecule has 0 saturated carbocycles. The Balaban J connectivity index is 2.76. The molecule has 1 rings (SSSR count). The van der Waals surface area contributed by atoms with Gasteiger partial charge in [-0.1, -0.05) is 12.1 Å². The Morgan fingerprint density at radius 3 is 2.50 bits per heavy atom. The first-order valence-electron chi connectivity index (χ1n) is 8.27. The highest BCUT2D eigenvalue weighted by Gasteiger charge is 2.28. The number of amides is 1. The average Bonchev–Trinajstić information content (AvgIpc) is 2.54. The first-order valence-corrected chi connectivity index (χ1v) is 8.27. The summed E-state index contributed by atoms with van der Waals surface area (Å²) in [5.74, 6) is 0.542. The minimum atomic E-state index is -4.40. The third-order valence-corrected chi connectivity index (χ3v) is 3.16. The fraction of sp³-hybridized carbons (Fsp3) is 0.529. The quantitative estimate of drug-likeness (QED) is 0.370. The van der Waals surface area contributed by atoms with Gasteiger partial charge in [-0.25, -0.2) is 4.99 Å². The van der Waals surface area contributed by atoms with E-state index >= 15 is 0 Å². The normalized spacial score (nSPS) is 11.8. The number of rotatable bonds is 8. The van der Waals surface area contributed by atoms with Crippen LogP contribution in [0.2, 0.25) is 0 Å². The maximum absolute atomic E-state index is 12.4. The van der Waals surface area contributed by atoms with Crippen LogP contribution in [0.1, 0.15) is 25.0 Å². The van der Waals surface area contributed by atoms with Crippen molar-refractivity contribution in [2.45, 2.75) is 33.5 Å². The van der Waals surface area contributed by atoms with Gasteiger partial charge in [-0.2, -0.15) is 13.2 Å². The fourth-order valence-electron chi connectivity index (χ4n) is 2.01. The molecule has 1 amide bonds. The standard InChI is InChI=1S/C17H25F3N4O2/c1-4-21-16(23-8-7-22-13(3)25)24-10-14-6-5-12(2)9-15(14)26-11-17(18,19)20/h5-6,9H,4,7-8,10-11H2,1-3H3,(H,22,25)(H2,21,23,24). The predicted molar refractivity (Wildman–Crippen MR) is 94.2 cm³/mol. The Bertz CT molecular complexity index is 619. The summed E-state index contributed by atoms with van der Waals surface area (Å²) >= 11 is 0. The Labute approximate surface area is 151 Å². The summed E-state index contributed by atoms with van der Waals surface area (Å²) in [7, 11) is 0. The molecule has 0 spiro atoms. The van der Waals surface area contributed by atoms with Crippen molar-refractivity contribution in [1.29, 1.82) is 0 Å². The molecule has 0 aromatic heterocycles. The van der Waals surface area contributed by atoms with Gasteiger partial charge in [0.05, 0.1) is 6.54 Å². The maximum Gasteiger partial charge on any atom is 0.422 e. The summed E-state index contributed by atoms with van der Waals surface area (Å²) in [4.78, 5) is 15.2. The van der Waals surface area contributed by atoms with Crippen LogP contribution in [-0.4, -0.2) is 44.3 Å². The van der Waals surface area contributed by atoms with E-state index < -0.39 is 12.8 Å². The van der Waals surface area contributed by atoms with Crippen molar-refractivity contribution in [3.05, 3.63) is 29.3 Å². The highest BCUT2D eigenvalue weighted by molar-refractivity contribution is 5.80. The van der Waals surface area contributed by atoms with Gasteiger partial charge in [-0.3, -0.25) is 4.79 Å². The number of nitrogens with zero attached hydrogens (tertiary/aromatic N) is 1. The summed E-state index contributed by atoms with van der Waals surface area (Å²) in [5.41, 5.74) is 1.36. The molecule has 6 nitrogen and oxygen atoms in total. The molecule has 0 unspecified atom stereocenters. The van der Waals surface area contributed by atoms with Crippen molar-refractivity contribution in [3.63, 3.8) is 0 Å². The van der Waals surface area contributed by atoms with Crippen LogP contribution in [0.5, 0.6) is 5.75 Å². The molecule has 0 aliphatic carbocycles. The molecule has 0 aliphatic rings. The average molecular weight is 374 g/mol. The van der Waals surface area contributed by atoms with Gasteiger partial charge in [0.1, 0.15) is 5.75 Å². The number of benzene rings is 1. The predicted octanol–water partition coefficient (Wildman–Crippen LogP) is 2.13. The van der Waals surface area contributed by atoms with Crippen LogP contribution in [0.3, 0.4) is 0 Å². The second kappa shape index (κ2) is 10.5. The fourth-order valence-corrected chi connectivity index (χ4v) is 2.01. The van der Waals surface area contributed by atoms with E-state index in [0.717, 1.165) is 5.56 Å². The minimum absolute atomic E-state index is 0.125. The molecule has 146 valence electrons. The Morgan fingerprint density at radius 2 is 1.88 bits per heavy atom. The topological polar surface area (TPSA) is 74.8 Å². The molecule has 0 radical (unpaired) electrons. The summed E-state index contributed by atoms with van der Waals surface area (Å²) in [6, 6.07) is 5.06. The molecule has 26 heavy (non-hydrogen) atoms. The first kappa shape index (κ1) is 21.6. The lowest BCUT2D eigenvalue weighted by Gasteiger charge is -2.14. The van der Waals surface area contributed by atoms with Gasteiger partial charge < -0.3 is 20.7 Å². The number of aryl methyl sites for hydroxylation is 1. The highest BCUT2D eigenvalue weighted by atomic mass is 19.4. The highest BCUT2D eigenvalue weighted by Crippen LogP contribution is 2.24. The van der Waals surface area contributed by atoms with E-state index in [9.17, 15) is 18.0 Å². The molecule has 0 fully saturated rings. The molecule has 0 atom stereocenters. The second-order valence-corrected chi connectivity index (χ2v) is 5.62. The number of alkyl halides is 3. The number of halogens is 3. The Kier molecular flexibility index (Phi) is 8.74. The zero-order valence-electron chi connectivity index (χ0n) is 15.2. The largest absolute Gasteiger partial charge is 0.484 e. The summed E-state index contributed by atoms with van der Waals surface area (Å²) in [6.45, 7) is 5.44. The molecule has 1 aromatic rings. The summed E-state index contributed by atoms with van der Waals surface area (Å²) in [6.07, 6.45) is -4.40. The van der Waals surface area contributed by atoms with Crippen LogP contribution in [0.4, 0.5) is 13.2 Å². The van der Waals surface area contributed by atoms with Crippen LogP contribution >= 0.6 is 0 Å². The lowest BCUT2D eigenvalue weighted by atomic mass is 10.1. The summed E-state index contributed by atoms with van der Waals surface area (Å²) in [5, 5.41) is 8.72. The van der Waals surface area contributed by atoms with E-state index in [1.54, 1.807) is 25.1 Å². The third-order valence-electron chi connectivity index (χ3n) is 3.16. The van der Waals surface area contributed by atoms with Crippen molar-refractivity contribution < 1.29 is 22.7 Å². The van der Waals surface area contributed by atoms with E-state index in [4.69, 9.17) is 4.74 Å². The first-order chi connectivity index (χ1) is 12.2. The van der Waals surface area contributed by atoms with Gasteiger partial charge in [0.15, 0.2) is 12.6 Å². The smallest absolute Gasteiger partial charge is 0.422 e. The van der Waals surface area contributed by atoms with Crippen LogP contribution < -0.4 is 20.7 Å². The molecule has 3 N–H and O–H groups in total. The molecule has 0 aliphatic heterocycles. The van der Waals surface area contributed by atoms with E-state index in [1.807, 2.05) is 6.92 Å². The number of carbonyl (C=O) groups is 1. The zero-order valence-corrected chi connectivity index (χ0v) is 15.2. The second-order valence-electron chi connectivity index (χ2n) is 5.62. The number of ether oxygens (including phenoxy) is 1. The van der Waals surface area contributed by atoms with Gasteiger partial charge in [0.25, 0.3) is 0 Å². The molecular formula is C17H25F3N4O2. The van der Waals surface area contributed by atoms with E-state index in [2.05, 4.69) is 20.9 Å². The maximum atomic E-state index is 12.4. The van der Waals surface area contributed by atoms with Crippen LogP contribution in [0.25, 0.3) is 0 Å². The molecular weight excluding hydrogens is 349 g/mol. The zero-order chi connectivity index (χ0) is 19.6. The lowest BCUT2D eigenvalue weighted by molar-refractivity contribution is -0.153. The van der Waals surface area contributed by atoms with Crippen LogP contribution in [0, 0.1) is 6.92 Å². The molecule has 1 aromatic carbocycles. The third kappa shape index (κ3) is 9.14. The van der Waals surface area contributed by atoms with Gasteiger partial charge in [-0.05, 0) is 25.5 Å². The van der Waals surface area contributed by atoms with Crippen molar-refractivity contribution >= 4 is 11.9 Å². The van der Waals surface area contributed by atoms with Crippen molar-refractivity contribution in [2.24, 2.45) is 4.99 Å². The molecule has 0 heterocycles. The summed E-state index contributed by atoms with van der Waals surface area (Å²) < 4.78 is 42.2. The van der Waals surface area contributed by atoms with Crippen LogP contribution in [0.15, 0.2) is 23.2 Å². The molecule has 0 saturated heterocycles. The van der Waals surface area contributed by atoms with E-state index in [-0.39, 0.29) is 18.2 Å². The van der Waals surface area contributed by atoms with Gasteiger partial charge in [0, 0.05) is 32.1 Å². The Hall–Kier alpha value is -2.45. The number of nitrogens with one attached hydrogen (secondary N) is 3. The molecule has 0 bridgehead atoms. The van der Waals surface area contributed by atoms with Gasteiger partial charge in [-0.15, -0.1) is 0 Å². The number of guanidine groups is 1. The number of carbonyl (C=O) groups excluding carboxylic acids is 1. The molecule has 9 heteroatoms. The van der Waals surface area contributed by atoms with Crippen molar-refractivity contribution in [3.8, 4) is 5.75 Å². The number of aliphatic imine (C=N–C) groups is 1. The van der Waals surface area contributed by atoms with E-state index in [0.29, 0.717) is 31.2 Å². The monoisotopic (exact) mass is 374 g/mol. The van der Waals surface area contributed by atoms with E-state index in [1.165, 1.54) is 6.92 Å². The number of hydrogen-bond acceptors (Lipinski definition) is 3. The lowest BCUT2D eigenvalue weighted by Crippen LogP contribution is -2.41. The van der Waals surface area contributed by atoms with Crippen LogP contribution in [-0.2, 0) is 11.3 Å². The number of hydrogen-bond donors (Lipinski definition) is 3.